The zero-order chi connectivity index (χ0) is 13.2. The van der Waals surface area contributed by atoms with Crippen LogP contribution in [-0.2, 0) is 9.53 Å². The van der Waals surface area contributed by atoms with Gasteiger partial charge in [0.2, 0.25) is 11.7 Å². The third-order valence-electron chi connectivity index (χ3n) is 3.25. The highest BCUT2D eigenvalue weighted by molar-refractivity contribution is 6.03. The van der Waals surface area contributed by atoms with Crippen LogP contribution in [0, 0.1) is 17.2 Å². The molecular weight excluding hydrogens is 244 g/mol. The number of nitrogens with zero attached hydrogens (tertiary/aromatic N) is 1. The number of fused-ring (bicyclic) bond motifs is 1. The summed E-state index contributed by atoms with van der Waals surface area (Å²) in [5.41, 5.74) is 1.05. The average molecular weight is 256 g/mol. The molecule has 1 atom stereocenters. The number of nitrogens with one attached hydrogen (secondary N) is 1. The van der Waals surface area contributed by atoms with Gasteiger partial charge in [-0.1, -0.05) is 12.1 Å². The second kappa shape index (κ2) is 4.75. The third-order valence-corrected chi connectivity index (χ3v) is 3.25. The highest BCUT2D eigenvalue weighted by Gasteiger charge is 2.25. The monoisotopic (exact) mass is 256 g/mol. The standard InChI is InChI=1S/C14H12N2O3/c15-7-12-13(10-3-1-2-4-11(10)19-12)16-14(17)9-5-6-18-8-9/h1-4,9H,5-6,8H2,(H,16,17)/t9-/m0/s1. The Hall–Kier alpha value is -2.32. The molecule has 2 heterocycles. The molecule has 1 aliphatic rings. The minimum Gasteiger partial charge on any atom is -0.443 e. The second-order valence-corrected chi connectivity index (χ2v) is 4.46. The van der Waals surface area contributed by atoms with E-state index in [1.165, 1.54) is 0 Å². The van der Waals surface area contributed by atoms with Crippen molar-refractivity contribution in [3.8, 4) is 6.07 Å². The summed E-state index contributed by atoms with van der Waals surface area (Å²) in [4.78, 5) is 12.1. The van der Waals surface area contributed by atoms with Crippen molar-refractivity contribution in [2.24, 2.45) is 5.92 Å². The van der Waals surface area contributed by atoms with E-state index >= 15 is 0 Å². The molecule has 96 valence electrons. The van der Waals surface area contributed by atoms with Crippen molar-refractivity contribution < 1.29 is 13.9 Å². The summed E-state index contributed by atoms with van der Waals surface area (Å²) in [5.74, 6) is -0.144. The zero-order valence-corrected chi connectivity index (χ0v) is 10.2. The van der Waals surface area contributed by atoms with Crippen LogP contribution in [0.25, 0.3) is 11.0 Å². The maximum atomic E-state index is 12.1. The summed E-state index contributed by atoms with van der Waals surface area (Å²) in [5, 5.41) is 12.6. The topological polar surface area (TPSA) is 75.3 Å². The number of carbonyl (C=O) groups is 1. The first-order chi connectivity index (χ1) is 9.29. The van der Waals surface area contributed by atoms with Crippen molar-refractivity contribution in [1.29, 1.82) is 5.26 Å². The molecule has 1 aliphatic heterocycles. The van der Waals surface area contributed by atoms with Crippen molar-refractivity contribution in [1.82, 2.24) is 0 Å². The van der Waals surface area contributed by atoms with Gasteiger partial charge in [0.1, 0.15) is 17.3 Å². The quantitative estimate of drug-likeness (QED) is 0.894. The fraction of sp³-hybridized carbons (Fsp3) is 0.286. The molecule has 1 aromatic carbocycles. The van der Waals surface area contributed by atoms with E-state index in [9.17, 15) is 4.79 Å². The fourth-order valence-corrected chi connectivity index (χ4v) is 2.21. The van der Waals surface area contributed by atoms with Crippen LogP contribution < -0.4 is 5.32 Å². The molecule has 1 saturated heterocycles. The summed E-state index contributed by atoms with van der Waals surface area (Å²) in [7, 11) is 0. The van der Waals surface area contributed by atoms with E-state index in [-0.39, 0.29) is 17.6 Å². The molecule has 2 aromatic rings. The van der Waals surface area contributed by atoms with Crippen LogP contribution >= 0.6 is 0 Å². The summed E-state index contributed by atoms with van der Waals surface area (Å²) >= 11 is 0. The van der Waals surface area contributed by atoms with E-state index in [2.05, 4.69) is 5.32 Å². The highest BCUT2D eigenvalue weighted by Crippen LogP contribution is 2.31. The molecular formula is C14H12N2O3. The van der Waals surface area contributed by atoms with Crippen molar-refractivity contribution in [2.45, 2.75) is 6.42 Å². The molecule has 0 spiro atoms. The van der Waals surface area contributed by atoms with Crippen LogP contribution in [-0.4, -0.2) is 19.1 Å². The van der Waals surface area contributed by atoms with Gasteiger partial charge in [0.05, 0.1) is 12.5 Å². The number of benzene rings is 1. The van der Waals surface area contributed by atoms with Gasteiger partial charge in [-0.3, -0.25) is 4.79 Å². The Balaban J connectivity index is 1.95. The molecule has 1 aromatic heterocycles. The van der Waals surface area contributed by atoms with E-state index < -0.39 is 0 Å². The first-order valence-electron chi connectivity index (χ1n) is 6.10. The molecule has 0 aliphatic carbocycles. The van der Waals surface area contributed by atoms with Crippen molar-refractivity contribution >= 4 is 22.6 Å². The first kappa shape index (κ1) is 11.8. The van der Waals surface area contributed by atoms with E-state index in [0.29, 0.717) is 30.9 Å². The van der Waals surface area contributed by atoms with Crippen molar-refractivity contribution in [3.63, 3.8) is 0 Å². The van der Waals surface area contributed by atoms with Gasteiger partial charge in [-0.05, 0) is 18.6 Å². The summed E-state index contributed by atoms with van der Waals surface area (Å²) in [6.45, 7) is 1.04. The molecule has 1 amide bonds. The van der Waals surface area contributed by atoms with Crippen molar-refractivity contribution in [3.05, 3.63) is 30.0 Å². The molecule has 19 heavy (non-hydrogen) atoms. The Morgan fingerprint density at radius 2 is 2.26 bits per heavy atom. The lowest BCUT2D eigenvalue weighted by Gasteiger charge is -2.08. The van der Waals surface area contributed by atoms with Crippen LogP contribution in [0.15, 0.2) is 28.7 Å². The summed E-state index contributed by atoms with van der Waals surface area (Å²) in [6, 6.07) is 9.22. The summed E-state index contributed by atoms with van der Waals surface area (Å²) < 4.78 is 10.6. The number of amides is 1. The number of ether oxygens (including phenoxy) is 1. The number of nitriles is 1. The normalized spacial score (nSPS) is 18.4. The highest BCUT2D eigenvalue weighted by atomic mass is 16.5. The lowest BCUT2D eigenvalue weighted by Crippen LogP contribution is -2.23. The van der Waals surface area contributed by atoms with Crippen LogP contribution in [0.4, 0.5) is 5.69 Å². The number of rotatable bonds is 2. The maximum absolute atomic E-state index is 12.1. The van der Waals surface area contributed by atoms with E-state index in [1.54, 1.807) is 6.07 Å². The second-order valence-electron chi connectivity index (χ2n) is 4.46. The molecule has 1 fully saturated rings. The van der Waals surface area contributed by atoms with Gasteiger partial charge in [0.15, 0.2) is 0 Å². The Kier molecular flexibility index (Phi) is 2.94. The molecule has 0 bridgehead atoms. The number of carbonyl (C=O) groups excluding carboxylic acids is 1. The molecule has 3 rings (SSSR count). The van der Waals surface area contributed by atoms with Gasteiger partial charge in [0, 0.05) is 12.0 Å². The van der Waals surface area contributed by atoms with Crippen LogP contribution in [0.5, 0.6) is 0 Å². The predicted molar refractivity (Wildman–Crippen MR) is 68.5 cm³/mol. The predicted octanol–water partition coefficient (Wildman–Crippen LogP) is 2.28. The van der Waals surface area contributed by atoms with Crippen LogP contribution in [0.3, 0.4) is 0 Å². The minimum atomic E-state index is -0.153. The zero-order valence-electron chi connectivity index (χ0n) is 10.2. The van der Waals surface area contributed by atoms with Crippen molar-refractivity contribution in [2.75, 3.05) is 18.5 Å². The molecule has 0 radical (unpaired) electrons. The fourth-order valence-electron chi connectivity index (χ4n) is 2.21. The molecule has 0 unspecified atom stereocenters. The largest absolute Gasteiger partial charge is 0.443 e. The lowest BCUT2D eigenvalue weighted by atomic mass is 10.1. The SMILES string of the molecule is N#Cc1oc2ccccc2c1NC(=O)[C@H]1CCOC1. The Morgan fingerprint density at radius 3 is 3.00 bits per heavy atom. The third kappa shape index (κ3) is 2.07. The minimum absolute atomic E-state index is 0.124. The lowest BCUT2D eigenvalue weighted by molar-refractivity contribution is -0.119. The van der Waals surface area contributed by atoms with E-state index in [1.807, 2.05) is 24.3 Å². The number of hydrogen-bond acceptors (Lipinski definition) is 4. The number of anilines is 1. The van der Waals surface area contributed by atoms with Crippen LogP contribution in [0.2, 0.25) is 0 Å². The van der Waals surface area contributed by atoms with Gasteiger partial charge in [0.25, 0.3) is 0 Å². The van der Waals surface area contributed by atoms with Gasteiger partial charge in [-0.15, -0.1) is 0 Å². The molecule has 0 saturated carbocycles. The number of hydrogen-bond donors (Lipinski definition) is 1. The Bertz CT molecular complexity index is 663. The molecule has 5 nitrogen and oxygen atoms in total. The average Bonchev–Trinajstić information content (AvgIpc) is 3.06. The first-order valence-corrected chi connectivity index (χ1v) is 6.10. The van der Waals surface area contributed by atoms with Gasteiger partial charge >= 0.3 is 0 Å². The molecule has 1 N–H and O–H groups in total. The van der Waals surface area contributed by atoms with Gasteiger partial charge in [-0.25, -0.2) is 0 Å². The van der Waals surface area contributed by atoms with Gasteiger partial charge in [-0.2, -0.15) is 5.26 Å². The Morgan fingerprint density at radius 1 is 1.42 bits per heavy atom. The van der Waals surface area contributed by atoms with E-state index in [4.69, 9.17) is 14.4 Å². The number of furan rings is 1. The molecule has 5 heteroatoms. The number of para-hydroxylation sites is 1. The Labute approximate surface area is 109 Å². The smallest absolute Gasteiger partial charge is 0.230 e. The maximum Gasteiger partial charge on any atom is 0.230 e. The van der Waals surface area contributed by atoms with Gasteiger partial charge < -0.3 is 14.5 Å². The summed E-state index contributed by atoms with van der Waals surface area (Å²) in [6.07, 6.45) is 0.712. The van der Waals surface area contributed by atoms with E-state index in [0.717, 1.165) is 5.39 Å². The van der Waals surface area contributed by atoms with Crippen LogP contribution in [0.1, 0.15) is 12.2 Å².